The molecule has 4 aliphatic rings. The highest BCUT2D eigenvalue weighted by Gasteiger charge is 2.62. The van der Waals surface area contributed by atoms with E-state index in [2.05, 4.69) is 40.1 Å². The van der Waals surface area contributed by atoms with E-state index in [1.54, 1.807) is 12.1 Å². The number of halogens is 1. The van der Waals surface area contributed by atoms with Crippen molar-refractivity contribution in [3.05, 3.63) is 51.5 Å². The smallest absolute Gasteiger partial charge is 0.294 e. The van der Waals surface area contributed by atoms with Crippen LogP contribution >= 0.6 is 27.3 Å². The number of hydrogen-bond acceptors (Lipinski definition) is 7. The van der Waals surface area contributed by atoms with Gasteiger partial charge >= 0.3 is 0 Å². The molecule has 1 aromatic carbocycles. The zero-order chi connectivity index (χ0) is 27.5. The number of fused-ring (bicyclic) bond motifs is 5. The predicted octanol–water partition coefficient (Wildman–Crippen LogP) is 6.01. The van der Waals surface area contributed by atoms with Crippen LogP contribution < -0.4 is 5.73 Å². The minimum atomic E-state index is -4.04. The predicted molar refractivity (Wildman–Crippen MR) is 151 cm³/mol. The van der Waals surface area contributed by atoms with Crippen molar-refractivity contribution in [3.8, 4) is 0 Å². The molecule has 0 amide bonds. The van der Waals surface area contributed by atoms with Gasteiger partial charge in [0.05, 0.1) is 16.7 Å². The average Bonchev–Trinajstić information content (AvgIpc) is 3.41. The first-order valence-electron chi connectivity index (χ1n) is 13.2. The number of benzene rings is 1. The zero-order valence-electron chi connectivity index (χ0n) is 21.6. The zero-order valence-corrected chi connectivity index (χ0v) is 24.9. The molecule has 7 nitrogen and oxygen atoms in total. The van der Waals surface area contributed by atoms with Gasteiger partial charge < -0.3 is 10.8 Å². The van der Waals surface area contributed by atoms with Crippen molar-refractivity contribution in [2.24, 2.45) is 28.6 Å². The molecule has 10 heteroatoms. The second-order valence-electron chi connectivity index (χ2n) is 11.8. The Morgan fingerprint density at radius 3 is 2.47 bits per heavy atom. The summed E-state index contributed by atoms with van der Waals surface area (Å²) in [6.45, 7) is 4.71. The van der Waals surface area contributed by atoms with Gasteiger partial charge in [-0.1, -0.05) is 35.4 Å². The number of allylic oxidation sites excluding steroid dienone is 1. The number of thiazole rings is 1. The summed E-state index contributed by atoms with van der Waals surface area (Å²) in [5.41, 5.74) is 8.47. The fourth-order valence-corrected chi connectivity index (χ4v) is 9.60. The standard InChI is InChI=1S/C22H30N2O2S.C6H5BrO3S/c1-21-8-7-13(25)9-12(21)3-4-14-15-5-6-16(17-11-27-20(23)24-17)22(15,2)10-18(26)19(14)21;7-5-1-3-6(4-2-5)11(8,9)10/h9,11,14-16,18-19,26H,3-8,10H2,1-2H3,(H2,23,24);1-4H,(H,8,9,10). The summed E-state index contributed by atoms with van der Waals surface area (Å²) < 4.78 is 30.3. The third-order valence-corrected chi connectivity index (χ3v) is 12.0. The summed E-state index contributed by atoms with van der Waals surface area (Å²) >= 11 is 4.67. The molecule has 0 aliphatic heterocycles. The van der Waals surface area contributed by atoms with Crippen LogP contribution in [0.25, 0.3) is 0 Å². The number of ketones is 1. The lowest BCUT2D eigenvalue weighted by atomic mass is 9.46. The van der Waals surface area contributed by atoms with Crippen molar-refractivity contribution in [1.29, 1.82) is 0 Å². The molecule has 1 heterocycles. The van der Waals surface area contributed by atoms with E-state index in [4.69, 9.17) is 10.3 Å². The SMILES string of the molecule is CC12CCC(=O)C=C1CCC1C2C(O)CC2(C)C(c3csc(N)n3)CCC12.O=S(=O)(O)c1ccc(Br)cc1. The Labute approximate surface area is 236 Å². The number of nitrogens with two attached hydrogens (primary N) is 1. The molecule has 7 atom stereocenters. The van der Waals surface area contributed by atoms with E-state index >= 15 is 0 Å². The number of carbonyl (C=O) groups is 1. The van der Waals surface area contributed by atoms with Crippen LogP contribution in [0.2, 0.25) is 0 Å². The molecule has 2 aromatic rings. The second-order valence-corrected chi connectivity index (χ2v) is 15.1. The van der Waals surface area contributed by atoms with Crippen molar-refractivity contribution < 1.29 is 22.9 Å². The average molecular weight is 624 g/mol. The Hall–Kier alpha value is -1.59. The summed E-state index contributed by atoms with van der Waals surface area (Å²) in [5, 5.41) is 14.2. The largest absolute Gasteiger partial charge is 0.393 e. The highest BCUT2D eigenvalue weighted by molar-refractivity contribution is 9.10. The first-order valence-corrected chi connectivity index (χ1v) is 16.3. The van der Waals surface area contributed by atoms with Gasteiger partial charge in [0.1, 0.15) is 0 Å². The van der Waals surface area contributed by atoms with Crippen molar-refractivity contribution in [2.75, 3.05) is 5.73 Å². The Bertz CT molecular complexity index is 1360. The minimum absolute atomic E-state index is 0.000713. The van der Waals surface area contributed by atoms with Crippen LogP contribution in [0.1, 0.15) is 70.4 Å². The van der Waals surface area contributed by atoms with Crippen molar-refractivity contribution in [1.82, 2.24) is 4.98 Å². The fourth-order valence-electron chi connectivity index (χ4n) is 8.24. The second kappa shape index (κ2) is 10.1. The molecular weight excluding hydrogens is 588 g/mol. The van der Waals surface area contributed by atoms with Gasteiger partial charge in [0.2, 0.25) is 0 Å². The summed E-state index contributed by atoms with van der Waals surface area (Å²) in [7, 11) is -4.04. The molecule has 0 saturated heterocycles. The minimum Gasteiger partial charge on any atom is -0.393 e. The van der Waals surface area contributed by atoms with E-state index in [0.717, 1.165) is 42.3 Å². The van der Waals surface area contributed by atoms with Gasteiger partial charge in [0.25, 0.3) is 10.1 Å². The van der Waals surface area contributed by atoms with Crippen LogP contribution in [0.3, 0.4) is 0 Å². The maximum atomic E-state index is 12.0. The maximum Gasteiger partial charge on any atom is 0.294 e. The Morgan fingerprint density at radius 1 is 1.13 bits per heavy atom. The van der Waals surface area contributed by atoms with Crippen molar-refractivity contribution in [2.45, 2.75) is 75.7 Å². The number of nitrogen functional groups attached to an aromatic ring is 1. The molecule has 1 aromatic heterocycles. The monoisotopic (exact) mass is 622 g/mol. The van der Waals surface area contributed by atoms with Crippen molar-refractivity contribution in [3.63, 3.8) is 0 Å². The molecule has 3 fully saturated rings. The summed E-state index contributed by atoms with van der Waals surface area (Å²) in [4.78, 5) is 16.5. The van der Waals surface area contributed by atoms with Crippen LogP contribution in [0.15, 0.2) is 50.7 Å². The van der Waals surface area contributed by atoms with E-state index < -0.39 is 10.1 Å². The summed E-state index contributed by atoms with van der Waals surface area (Å²) in [5.74, 6) is 2.16. The topological polar surface area (TPSA) is 131 Å². The Balaban J connectivity index is 0.000000226. The third kappa shape index (κ3) is 4.91. The van der Waals surface area contributed by atoms with Gasteiger partial charge in [-0.2, -0.15) is 8.42 Å². The molecular formula is C28H35BrN2O5S2. The lowest BCUT2D eigenvalue weighted by molar-refractivity contribution is -0.129. The third-order valence-electron chi connectivity index (χ3n) is 9.90. The Kier molecular flexibility index (Phi) is 7.44. The van der Waals surface area contributed by atoms with E-state index in [0.29, 0.717) is 35.2 Å². The van der Waals surface area contributed by atoms with Crippen LogP contribution in [0.5, 0.6) is 0 Å². The van der Waals surface area contributed by atoms with E-state index in [-0.39, 0.29) is 27.6 Å². The van der Waals surface area contributed by atoms with Gasteiger partial charge in [0, 0.05) is 22.2 Å². The van der Waals surface area contributed by atoms with Gasteiger partial charge in [-0.3, -0.25) is 9.35 Å². The first kappa shape index (κ1) is 28.0. The van der Waals surface area contributed by atoms with E-state index in [9.17, 15) is 18.3 Å². The summed E-state index contributed by atoms with van der Waals surface area (Å²) in [6, 6.07) is 5.73. The molecule has 38 heavy (non-hydrogen) atoms. The highest BCUT2D eigenvalue weighted by atomic mass is 79.9. The lowest BCUT2D eigenvalue weighted by Crippen LogP contribution is -2.56. The van der Waals surface area contributed by atoms with Crippen molar-refractivity contribution >= 4 is 48.3 Å². The van der Waals surface area contributed by atoms with Gasteiger partial charge in [-0.05, 0) is 97.5 Å². The molecule has 4 aliphatic carbocycles. The maximum absolute atomic E-state index is 12.0. The van der Waals surface area contributed by atoms with E-state index in [1.807, 2.05) is 6.08 Å². The molecule has 206 valence electrons. The normalized spacial score (nSPS) is 36.3. The van der Waals surface area contributed by atoms with Crippen LogP contribution in [0, 0.1) is 28.6 Å². The number of rotatable bonds is 2. The number of nitrogens with zero attached hydrogens (tertiary/aromatic N) is 1. The van der Waals surface area contributed by atoms with Gasteiger partial charge in [-0.15, -0.1) is 11.3 Å². The van der Waals surface area contributed by atoms with Crippen LogP contribution in [-0.2, 0) is 14.9 Å². The summed E-state index contributed by atoms with van der Waals surface area (Å²) in [6.07, 6.45) is 8.52. The number of hydrogen-bond donors (Lipinski definition) is 3. The van der Waals surface area contributed by atoms with Crippen LogP contribution in [0.4, 0.5) is 5.13 Å². The fraction of sp³-hybridized carbons (Fsp3) is 0.571. The molecule has 0 spiro atoms. The molecule has 3 saturated carbocycles. The Morgan fingerprint density at radius 2 is 1.84 bits per heavy atom. The number of carbonyl (C=O) groups excluding carboxylic acids is 1. The van der Waals surface area contributed by atoms with Gasteiger partial charge in [0.15, 0.2) is 10.9 Å². The van der Waals surface area contributed by atoms with Gasteiger partial charge in [-0.25, -0.2) is 4.98 Å². The molecule has 7 unspecified atom stereocenters. The van der Waals surface area contributed by atoms with E-state index in [1.165, 1.54) is 35.5 Å². The van der Waals surface area contributed by atoms with Crippen LogP contribution in [-0.4, -0.2) is 34.9 Å². The quantitative estimate of drug-likeness (QED) is 0.350. The number of anilines is 1. The highest BCUT2D eigenvalue weighted by Crippen LogP contribution is 2.68. The lowest BCUT2D eigenvalue weighted by Gasteiger charge is -2.59. The number of aliphatic hydroxyl groups excluding tert-OH is 1. The molecule has 0 bridgehead atoms. The number of aromatic nitrogens is 1. The molecule has 4 N–H and O–H groups in total. The first-order chi connectivity index (χ1) is 17.8. The molecule has 6 rings (SSSR count). The molecule has 0 radical (unpaired) electrons. The number of aliphatic hydroxyl groups is 1.